The fourth-order valence-corrected chi connectivity index (χ4v) is 2.54. The van der Waals surface area contributed by atoms with Gasteiger partial charge in [-0.05, 0) is 36.1 Å². The highest BCUT2D eigenvalue weighted by atomic mass is 16.1. The van der Waals surface area contributed by atoms with E-state index in [1.165, 1.54) is 16.7 Å². The van der Waals surface area contributed by atoms with Gasteiger partial charge in [0.15, 0.2) is 5.78 Å². The smallest absolute Gasteiger partial charge is 0.163 e. The molecule has 1 aromatic rings. The first kappa shape index (κ1) is 9.79. The second-order valence-corrected chi connectivity index (χ2v) is 4.48. The van der Waals surface area contributed by atoms with Crippen LogP contribution in [0, 0.1) is 0 Å². The zero-order valence-electron chi connectivity index (χ0n) is 9.25. The molecule has 0 saturated heterocycles. The fraction of sp³-hybridized carbons (Fsp3) is 0.357. The first-order chi connectivity index (χ1) is 7.84. The first-order valence-corrected chi connectivity index (χ1v) is 5.91. The van der Waals surface area contributed by atoms with E-state index >= 15 is 0 Å². The molecule has 0 fully saturated rings. The zero-order valence-corrected chi connectivity index (χ0v) is 9.25. The molecule has 2 nitrogen and oxygen atoms in total. The predicted molar refractivity (Wildman–Crippen MR) is 64.6 cm³/mol. The lowest BCUT2D eigenvalue weighted by molar-refractivity contribution is 0.0994. The molecule has 1 heterocycles. The Morgan fingerprint density at radius 2 is 2.06 bits per heavy atom. The molecule has 2 aliphatic rings. The number of rotatable bonds is 1. The Labute approximate surface area is 95.4 Å². The van der Waals surface area contributed by atoms with Gasteiger partial charge in [0.1, 0.15) is 0 Å². The molecule has 0 aromatic heterocycles. The van der Waals surface area contributed by atoms with Crippen LogP contribution in [0.15, 0.2) is 24.3 Å². The van der Waals surface area contributed by atoms with Crippen LogP contribution in [0.25, 0.3) is 5.57 Å². The van der Waals surface area contributed by atoms with E-state index in [0.717, 1.165) is 31.5 Å². The second kappa shape index (κ2) is 3.87. The van der Waals surface area contributed by atoms with Crippen LogP contribution in [-0.2, 0) is 6.42 Å². The maximum atomic E-state index is 11.5. The van der Waals surface area contributed by atoms with Gasteiger partial charge in [-0.2, -0.15) is 0 Å². The highest BCUT2D eigenvalue weighted by Crippen LogP contribution is 2.27. The van der Waals surface area contributed by atoms with E-state index in [1.807, 2.05) is 6.07 Å². The minimum atomic E-state index is 0.306. The highest BCUT2D eigenvalue weighted by molar-refractivity contribution is 6.00. The van der Waals surface area contributed by atoms with Gasteiger partial charge in [-0.25, -0.2) is 0 Å². The third-order valence-electron chi connectivity index (χ3n) is 3.46. The summed E-state index contributed by atoms with van der Waals surface area (Å²) in [6.45, 7) is 2.02. The van der Waals surface area contributed by atoms with Gasteiger partial charge in [-0.1, -0.05) is 24.3 Å². The number of carbonyl (C=O) groups excluding carboxylic acids is 1. The van der Waals surface area contributed by atoms with Crippen molar-refractivity contribution in [3.05, 3.63) is 41.0 Å². The van der Waals surface area contributed by atoms with Gasteiger partial charge in [0, 0.05) is 18.5 Å². The number of Topliss-reactive ketones (excluding diaryl/α,β-unsaturated/α-hetero) is 1. The molecule has 0 spiro atoms. The maximum Gasteiger partial charge on any atom is 0.163 e. The monoisotopic (exact) mass is 213 g/mol. The average Bonchev–Trinajstić information content (AvgIpc) is 2.72. The van der Waals surface area contributed by atoms with Gasteiger partial charge in [-0.3, -0.25) is 4.79 Å². The van der Waals surface area contributed by atoms with Gasteiger partial charge < -0.3 is 5.32 Å². The van der Waals surface area contributed by atoms with Crippen molar-refractivity contribution >= 4 is 11.4 Å². The third-order valence-corrected chi connectivity index (χ3v) is 3.46. The largest absolute Gasteiger partial charge is 0.313 e. The van der Waals surface area contributed by atoms with Gasteiger partial charge >= 0.3 is 0 Å². The molecular formula is C14H15NO. The van der Waals surface area contributed by atoms with Gasteiger partial charge in [0.05, 0.1) is 0 Å². The zero-order chi connectivity index (χ0) is 11.0. The van der Waals surface area contributed by atoms with Crippen molar-refractivity contribution in [3.8, 4) is 0 Å². The van der Waals surface area contributed by atoms with Crippen molar-refractivity contribution in [2.45, 2.75) is 19.3 Å². The van der Waals surface area contributed by atoms with E-state index in [9.17, 15) is 4.79 Å². The molecule has 1 aliphatic carbocycles. The van der Waals surface area contributed by atoms with Crippen molar-refractivity contribution in [2.75, 3.05) is 13.1 Å². The summed E-state index contributed by atoms with van der Waals surface area (Å²) < 4.78 is 0. The standard InChI is InChI=1S/C14H15NO/c16-14-4-2-12-9-11(1-3-13(12)14)10-5-7-15-8-6-10/h1,3,5,9,15H,2,4,6-8H2. The first-order valence-electron chi connectivity index (χ1n) is 5.91. The molecule has 1 aliphatic heterocycles. The van der Waals surface area contributed by atoms with Crippen molar-refractivity contribution in [2.24, 2.45) is 0 Å². The topological polar surface area (TPSA) is 29.1 Å². The average molecular weight is 213 g/mol. The summed E-state index contributed by atoms with van der Waals surface area (Å²) in [6, 6.07) is 6.31. The molecule has 1 aromatic carbocycles. The Morgan fingerprint density at radius 3 is 2.88 bits per heavy atom. The van der Waals surface area contributed by atoms with Crippen molar-refractivity contribution < 1.29 is 4.79 Å². The highest BCUT2D eigenvalue weighted by Gasteiger charge is 2.19. The van der Waals surface area contributed by atoms with Gasteiger partial charge in [0.2, 0.25) is 0 Å². The van der Waals surface area contributed by atoms with Crippen LogP contribution in [0.1, 0.15) is 34.3 Å². The van der Waals surface area contributed by atoms with Crippen molar-refractivity contribution in [3.63, 3.8) is 0 Å². The third kappa shape index (κ3) is 1.59. The molecule has 3 rings (SSSR count). The second-order valence-electron chi connectivity index (χ2n) is 4.48. The van der Waals surface area contributed by atoms with E-state index in [4.69, 9.17) is 0 Å². The number of hydrogen-bond acceptors (Lipinski definition) is 2. The summed E-state index contributed by atoms with van der Waals surface area (Å²) >= 11 is 0. The number of nitrogens with one attached hydrogen (secondary N) is 1. The number of ketones is 1. The molecule has 82 valence electrons. The molecule has 0 saturated carbocycles. The lowest BCUT2D eigenvalue weighted by Gasteiger charge is -2.14. The van der Waals surface area contributed by atoms with Crippen LogP contribution in [0.5, 0.6) is 0 Å². The molecule has 16 heavy (non-hydrogen) atoms. The predicted octanol–water partition coefficient (Wildman–Crippen LogP) is 2.19. The summed E-state index contributed by atoms with van der Waals surface area (Å²) in [7, 11) is 0. The Balaban J connectivity index is 1.98. The van der Waals surface area contributed by atoms with Crippen molar-refractivity contribution in [1.29, 1.82) is 0 Å². The van der Waals surface area contributed by atoms with Crippen LogP contribution >= 0.6 is 0 Å². The van der Waals surface area contributed by atoms with Crippen LogP contribution < -0.4 is 5.32 Å². The van der Waals surface area contributed by atoms with E-state index in [1.54, 1.807) is 0 Å². The van der Waals surface area contributed by atoms with Gasteiger partial charge in [-0.15, -0.1) is 0 Å². The number of hydrogen-bond donors (Lipinski definition) is 1. The Kier molecular flexibility index (Phi) is 2.37. The number of fused-ring (bicyclic) bond motifs is 1. The lowest BCUT2D eigenvalue weighted by Crippen LogP contribution is -2.20. The molecule has 2 heteroatoms. The van der Waals surface area contributed by atoms with E-state index in [0.29, 0.717) is 12.2 Å². The summed E-state index contributed by atoms with van der Waals surface area (Å²) in [5.41, 5.74) is 4.90. The van der Waals surface area contributed by atoms with Crippen LogP contribution in [0.4, 0.5) is 0 Å². The van der Waals surface area contributed by atoms with E-state index in [-0.39, 0.29) is 0 Å². The van der Waals surface area contributed by atoms with Crippen molar-refractivity contribution in [1.82, 2.24) is 5.32 Å². The molecule has 0 atom stereocenters. The SMILES string of the molecule is O=C1CCc2cc(C3=CCNCC3)ccc21. The maximum absolute atomic E-state index is 11.5. The Morgan fingerprint density at radius 1 is 1.12 bits per heavy atom. The van der Waals surface area contributed by atoms with Crippen LogP contribution in [0.2, 0.25) is 0 Å². The lowest BCUT2D eigenvalue weighted by atomic mass is 9.97. The summed E-state index contributed by atoms with van der Waals surface area (Å²) in [6.07, 6.45) is 4.96. The Bertz CT molecular complexity index is 474. The van der Waals surface area contributed by atoms with Gasteiger partial charge in [0.25, 0.3) is 0 Å². The van der Waals surface area contributed by atoms with E-state index < -0.39 is 0 Å². The summed E-state index contributed by atoms with van der Waals surface area (Å²) in [5, 5.41) is 3.31. The molecule has 0 bridgehead atoms. The number of carbonyl (C=O) groups is 1. The molecule has 0 unspecified atom stereocenters. The summed E-state index contributed by atoms with van der Waals surface area (Å²) in [4.78, 5) is 11.5. The number of benzene rings is 1. The normalized spacial score (nSPS) is 19.5. The number of aryl methyl sites for hydroxylation is 1. The molecular weight excluding hydrogens is 198 g/mol. The fourth-order valence-electron chi connectivity index (χ4n) is 2.54. The summed E-state index contributed by atoms with van der Waals surface area (Å²) in [5.74, 6) is 0.306. The van der Waals surface area contributed by atoms with Crippen LogP contribution in [0.3, 0.4) is 0 Å². The molecule has 1 N–H and O–H groups in total. The Hall–Kier alpha value is -1.41. The molecule has 0 amide bonds. The molecule has 0 radical (unpaired) electrons. The van der Waals surface area contributed by atoms with Crippen LogP contribution in [-0.4, -0.2) is 18.9 Å². The minimum absolute atomic E-state index is 0.306. The minimum Gasteiger partial charge on any atom is -0.313 e. The van der Waals surface area contributed by atoms with E-state index in [2.05, 4.69) is 23.5 Å². The quantitative estimate of drug-likeness (QED) is 0.774.